The Bertz CT molecular complexity index is 735. The van der Waals surface area contributed by atoms with Gasteiger partial charge in [-0.15, -0.1) is 0 Å². The van der Waals surface area contributed by atoms with Crippen molar-refractivity contribution in [1.29, 1.82) is 0 Å². The summed E-state index contributed by atoms with van der Waals surface area (Å²) in [5.74, 6) is 0.277. The summed E-state index contributed by atoms with van der Waals surface area (Å²) in [7, 11) is 1.80. The molecule has 36 heavy (non-hydrogen) atoms. The molecule has 0 spiro atoms. The molecule has 6 nitrogen and oxygen atoms in total. The molecule has 1 N–H and O–H groups in total. The van der Waals surface area contributed by atoms with Crippen molar-refractivity contribution >= 4 is 17.8 Å². The predicted octanol–water partition coefficient (Wildman–Crippen LogP) is 6.29. The molecule has 0 heterocycles. The number of hydrogen-bond donors (Lipinski definition) is 1. The van der Waals surface area contributed by atoms with E-state index in [1.807, 2.05) is 19.9 Å². The maximum atomic E-state index is 14.0. The molecule has 0 saturated heterocycles. The van der Waals surface area contributed by atoms with Gasteiger partial charge in [-0.2, -0.15) is 0 Å². The molecule has 1 aliphatic rings. The van der Waals surface area contributed by atoms with E-state index in [2.05, 4.69) is 33.0 Å². The molecule has 1 saturated carbocycles. The fourth-order valence-corrected chi connectivity index (χ4v) is 5.59. The summed E-state index contributed by atoms with van der Waals surface area (Å²) in [6, 6.07) is -0.818. The lowest BCUT2D eigenvalue weighted by Gasteiger charge is -2.39. The fourth-order valence-electron chi connectivity index (χ4n) is 5.59. The van der Waals surface area contributed by atoms with Crippen molar-refractivity contribution in [3.8, 4) is 0 Å². The molecule has 1 aliphatic carbocycles. The summed E-state index contributed by atoms with van der Waals surface area (Å²) in [5.41, 5.74) is 0.0389. The van der Waals surface area contributed by atoms with Gasteiger partial charge in [-0.25, -0.2) is 4.79 Å². The summed E-state index contributed by atoms with van der Waals surface area (Å²) >= 11 is 0. The first-order valence-electron chi connectivity index (χ1n) is 14.4. The van der Waals surface area contributed by atoms with E-state index in [-0.39, 0.29) is 35.7 Å². The zero-order valence-corrected chi connectivity index (χ0v) is 24.6. The first-order chi connectivity index (χ1) is 17.0. The molecule has 208 valence electrons. The van der Waals surface area contributed by atoms with Crippen molar-refractivity contribution in [3.05, 3.63) is 11.6 Å². The van der Waals surface area contributed by atoms with Crippen LogP contribution in [0.15, 0.2) is 11.6 Å². The summed E-state index contributed by atoms with van der Waals surface area (Å²) < 4.78 is 5.16. The highest BCUT2D eigenvalue weighted by molar-refractivity contribution is 5.91. The number of carbonyl (C=O) groups excluding carboxylic acids is 3. The number of esters is 1. The van der Waals surface area contributed by atoms with Crippen LogP contribution in [0, 0.1) is 23.2 Å². The van der Waals surface area contributed by atoms with Crippen molar-refractivity contribution in [2.75, 3.05) is 13.7 Å². The SMILES string of the molecule is CCOC(=O)/C(C)=C/[C@H](C(C)C)N(C)C(=O)[C@@H](NC(=O)C(CC)(CC)CC(C)CC)C1CCCCC1. The van der Waals surface area contributed by atoms with Gasteiger partial charge in [0.2, 0.25) is 11.8 Å². The van der Waals surface area contributed by atoms with Gasteiger partial charge in [0.25, 0.3) is 0 Å². The van der Waals surface area contributed by atoms with E-state index in [4.69, 9.17) is 4.74 Å². The number of carbonyl (C=O) groups is 3. The zero-order chi connectivity index (χ0) is 27.5. The Balaban J connectivity index is 3.30. The van der Waals surface area contributed by atoms with E-state index in [1.165, 1.54) is 6.42 Å². The van der Waals surface area contributed by atoms with Gasteiger partial charge in [-0.05, 0) is 63.7 Å². The van der Waals surface area contributed by atoms with Crippen LogP contribution in [0.5, 0.6) is 0 Å². The molecule has 0 aliphatic heterocycles. The smallest absolute Gasteiger partial charge is 0.333 e. The zero-order valence-electron chi connectivity index (χ0n) is 24.6. The van der Waals surface area contributed by atoms with Crippen LogP contribution in [-0.2, 0) is 19.1 Å². The topological polar surface area (TPSA) is 75.7 Å². The Morgan fingerprint density at radius 2 is 1.61 bits per heavy atom. The average molecular weight is 507 g/mol. The van der Waals surface area contributed by atoms with Crippen LogP contribution < -0.4 is 5.32 Å². The standard InChI is InChI=1S/C30H54N2O4/c1-10-22(7)20-30(11-2,12-3)29(35)31-26(24-17-15-14-16-18-24)27(33)32(9)25(21(5)6)19-23(8)28(34)36-13-4/h19,21-22,24-26H,10-18,20H2,1-9H3,(H,31,35)/b23-19+/t22?,25-,26+/m1/s1. The molecule has 0 aromatic heterocycles. The molecule has 0 aromatic carbocycles. The lowest BCUT2D eigenvalue weighted by molar-refractivity contribution is -0.143. The third kappa shape index (κ3) is 8.62. The Morgan fingerprint density at radius 3 is 2.08 bits per heavy atom. The Hall–Kier alpha value is -1.85. The van der Waals surface area contributed by atoms with E-state index < -0.39 is 11.5 Å². The van der Waals surface area contributed by atoms with Crippen LogP contribution in [-0.4, -0.2) is 48.4 Å². The first kappa shape index (κ1) is 32.2. The normalized spacial score (nSPS) is 17.9. The minimum atomic E-state index is -0.547. The highest BCUT2D eigenvalue weighted by Gasteiger charge is 2.41. The lowest BCUT2D eigenvalue weighted by Crippen LogP contribution is -2.57. The van der Waals surface area contributed by atoms with Crippen LogP contribution >= 0.6 is 0 Å². The molecule has 2 amide bonds. The van der Waals surface area contributed by atoms with E-state index in [0.29, 0.717) is 18.1 Å². The Morgan fingerprint density at radius 1 is 1.03 bits per heavy atom. The van der Waals surface area contributed by atoms with E-state index in [9.17, 15) is 14.4 Å². The summed E-state index contributed by atoms with van der Waals surface area (Å²) in [6.07, 6.45) is 10.5. The van der Waals surface area contributed by atoms with Crippen molar-refractivity contribution in [2.45, 2.75) is 125 Å². The van der Waals surface area contributed by atoms with Crippen LogP contribution in [0.25, 0.3) is 0 Å². The highest BCUT2D eigenvalue weighted by Crippen LogP contribution is 2.36. The molecule has 0 aromatic rings. The lowest BCUT2D eigenvalue weighted by atomic mass is 9.73. The predicted molar refractivity (Wildman–Crippen MR) is 147 cm³/mol. The van der Waals surface area contributed by atoms with Gasteiger partial charge in [0.05, 0.1) is 12.6 Å². The summed E-state index contributed by atoms with van der Waals surface area (Å²) in [4.78, 5) is 41.9. The van der Waals surface area contributed by atoms with Gasteiger partial charge in [0.1, 0.15) is 6.04 Å². The quantitative estimate of drug-likeness (QED) is 0.222. The molecule has 1 unspecified atom stereocenters. The monoisotopic (exact) mass is 506 g/mol. The van der Waals surface area contributed by atoms with Crippen LogP contribution in [0.2, 0.25) is 0 Å². The minimum Gasteiger partial charge on any atom is -0.463 e. The summed E-state index contributed by atoms with van der Waals surface area (Å²) in [6.45, 7) is 16.5. The van der Waals surface area contributed by atoms with Gasteiger partial charge in [-0.3, -0.25) is 9.59 Å². The maximum absolute atomic E-state index is 14.0. The average Bonchev–Trinajstić information content (AvgIpc) is 2.88. The second-order valence-electron chi connectivity index (χ2n) is 11.3. The molecule has 1 rings (SSSR count). The molecule has 0 radical (unpaired) electrons. The molecule has 0 bridgehead atoms. The second-order valence-corrected chi connectivity index (χ2v) is 11.3. The molecule has 3 atom stereocenters. The number of hydrogen-bond acceptors (Lipinski definition) is 4. The van der Waals surface area contributed by atoms with Crippen LogP contribution in [0.4, 0.5) is 0 Å². The van der Waals surface area contributed by atoms with E-state index >= 15 is 0 Å². The number of amides is 2. The number of nitrogens with one attached hydrogen (secondary N) is 1. The van der Waals surface area contributed by atoms with Crippen molar-refractivity contribution in [1.82, 2.24) is 10.2 Å². The molecule has 6 heteroatoms. The second kappa shape index (κ2) is 15.4. The number of likely N-dealkylation sites (N-methyl/N-ethyl adjacent to an activating group) is 1. The Kier molecular flexibility index (Phi) is 13.8. The fraction of sp³-hybridized carbons (Fsp3) is 0.833. The van der Waals surface area contributed by atoms with Crippen molar-refractivity contribution in [2.24, 2.45) is 23.2 Å². The van der Waals surface area contributed by atoms with E-state index in [1.54, 1.807) is 25.8 Å². The summed E-state index contributed by atoms with van der Waals surface area (Å²) in [5, 5.41) is 3.29. The van der Waals surface area contributed by atoms with E-state index in [0.717, 1.165) is 51.4 Å². The number of rotatable bonds is 14. The minimum absolute atomic E-state index is 0.0180. The van der Waals surface area contributed by atoms with Gasteiger partial charge in [0.15, 0.2) is 0 Å². The molecular weight excluding hydrogens is 452 g/mol. The number of ether oxygens (including phenoxy) is 1. The first-order valence-corrected chi connectivity index (χ1v) is 14.4. The van der Waals surface area contributed by atoms with Gasteiger partial charge < -0.3 is 15.0 Å². The van der Waals surface area contributed by atoms with Crippen molar-refractivity contribution in [3.63, 3.8) is 0 Å². The number of nitrogens with zero attached hydrogens (tertiary/aromatic N) is 1. The van der Waals surface area contributed by atoms with Gasteiger partial charge in [0, 0.05) is 18.0 Å². The molecule has 1 fully saturated rings. The van der Waals surface area contributed by atoms with Gasteiger partial charge in [-0.1, -0.05) is 73.3 Å². The van der Waals surface area contributed by atoms with Crippen LogP contribution in [0.3, 0.4) is 0 Å². The van der Waals surface area contributed by atoms with Crippen molar-refractivity contribution < 1.29 is 19.1 Å². The largest absolute Gasteiger partial charge is 0.463 e. The third-order valence-corrected chi connectivity index (χ3v) is 8.44. The van der Waals surface area contributed by atoms with Crippen LogP contribution in [0.1, 0.15) is 113 Å². The molecular formula is C30H54N2O4. The Labute approximate surface area is 221 Å². The van der Waals surface area contributed by atoms with Gasteiger partial charge >= 0.3 is 5.97 Å². The maximum Gasteiger partial charge on any atom is 0.333 e. The highest BCUT2D eigenvalue weighted by atomic mass is 16.5. The third-order valence-electron chi connectivity index (χ3n) is 8.44.